The Hall–Kier alpha value is -2.14. The molecular weight excluding hydrogens is 441 g/mol. The van der Waals surface area contributed by atoms with Crippen LogP contribution in [-0.2, 0) is 22.4 Å². The number of fused-ring (bicyclic) bond motifs is 2. The molecule has 2 aromatic carbocycles. The molecule has 0 atom stereocenters. The number of nitro benzene ring substituents is 1. The van der Waals surface area contributed by atoms with Gasteiger partial charge in [0.15, 0.2) is 0 Å². The molecule has 1 aliphatic rings. The fourth-order valence-electron chi connectivity index (χ4n) is 2.76. The Morgan fingerprint density at radius 1 is 1.15 bits per heavy atom. The van der Waals surface area contributed by atoms with Crippen LogP contribution >= 0.6 is 15.9 Å². The van der Waals surface area contributed by atoms with Gasteiger partial charge in [-0.05, 0) is 30.2 Å². The molecule has 0 aliphatic carbocycles. The van der Waals surface area contributed by atoms with Crippen molar-refractivity contribution in [2.45, 2.75) is 29.3 Å². The maximum Gasteiger partial charge on any atom is 0.416 e. The molecule has 2 aromatic rings. The summed E-state index contributed by atoms with van der Waals surface area (Å²) in [6.45, 7) is 1.76. The molecule has 0 unspecified atom stereocenters. The first-order chi connectivity index (χ1) is 12.0. The van der Waals surface area contributed by atoms with Crippen molar-refractivity contribution in [3.63, 3.8) is 0 Å². The molecule has 0 bridgehead atoms. The zero-order valence-corrected chi connectivity index (χ0v) is 15.4. The highest BCUT2D eigenvalue weighted by Gasteiger charge is 2.40. The van der Waals surface area contributed by atoms with Gasteiger partial charge in [0.1, 0.15) is 10.6 Å². The van der Waals surface area contributed by atoms with Crippen molar-refractivity contribution >= 4 is 42.8 Å². The average molecular weight is 451 g/mol. The van der Waals surface area contributed by atoms with Crippen LogP contribution in [0.5, 0.6) is 0 Å². The van der Waals surface area contributed by atoms with E-state index in [1.165, 1.54) is 6.07 Å². The summed E-state index contributed by atoms with van der Waals surface area (Å²) < 4.78 is 65.5. The van der Waals surface area contributed by atoms with Crippen molar-refractivity contribution in [2.75, 3.05) is 5.32 Å². The number of hydrogen-bond donors (Lipinski definition) is 1. The first-order valence-corrected chi connectivity index (χ1v) is 9.48. The molecule has 0 fully saturated rings. The molecule has 1 aliphatic heterocycles. The van der Waals surface area contributed by atoms with Crippen molar-refractivity contribution in [2.24, 2.45) is 0 Å². The Balaban J connectivity index is 2.41. The highest BCUT2D eigenvalue weighted by atomic mass is 79.9. The molecule has 11 heteroatoms. The number of anilines is 2. The summed E-state index contributed by atoms with van der Waals surface area (Å²) in [7, 11) is -4.39. The lowest BCUT2D eigenvalue weighted by atomic mass is 10.1. The van der Waals surface area contributed by atoms with Gasteiger partial charge in [-0.1, -0.05) is 22.9 Å². The number of nitrogens with one attached hydrogen (secondary N) is 1. The lowest BCUT2D eigenvalue weighted by Gasteiger charge is -2.24. The quantitative estimate of drug-likeness (QED) is 0.446. The minimum atomic E-state index is -4.93. The van der Waals surface area contributed by atoms with E-state index in [1.54, 1.807) is 13.0 Å². The van der Waals surface area contributed by atoms with Gasteiger partial charge < -0.3 is 5.32 Å². The van der Waals surface area contributed by atoms with E-state index < -0.39 is 42.8 Å². The molecule has 1 N–H and O–H groups in total. The Morgan fingerprint density at radius 2 is 1.77 bits per heavy atom. The Kier molecular flexibility index (Phi) is 4.26. The third-order valence-electron chi connectivity index (χ3n) is 3.96. The summed E-state index contributed by atoms with van der Waals surface area (Å²) >= 11 is 3.18. The summed E-state index contributed by atoms with van der Waals surface area (Å²) in [4.78, 5) is 9.24. The topological polar surface area (TPSA) is 89.3 Å². The molecular formula is C15H10BrF3N2O4S. The molecule has 0 amide bonds. The summed E-state index contributed by atoms with van der Waals surface area (Å²) in [5.74, 6) is 0. The number of alkyl halides is 3. The number of halogens is 4. The third kappa shape index (κ3) is 2.84. The summed E-state index contributed by atoms with van der Waals surface area (Å²) in [5.41, 5.74) is -2.13. The molecule has 1 heterocycles. The van der Waals surface area contributed by atoms with Crippen LogP contribution in [0, 0.1) is 10.1 Å². The minimum absolute atomic E-state index is 0.131. The first-order valence-electron chi connectivity index (χ1n) is 7.21. The van der Waals surface area contributed by atoms with Crippen LogP contribution in [0.15, 0.2) is 38.5 Å². The third-order valence-corrected chi connectivity index (χ3v) is 6.22. The van der Waals surface area contributed by atoms with Crippen LogP contribution in [0.3, 0.4) is 0 Å². The summed E-state index contributed by atoms with van der Waals surface area (Å²) in [6.07, 6.45) is -4.52. The summed E-state index contributed by atoms with van der Waals surface area (Å²) in [5, 5.41) is 13.9. The largest absolute Gasteiger partial charge is 0.416 e. The predicted octanol–water partition coefficient (Wildman–Crippen LogP) is 4.83. The second-order valence-corrected chi connectivity index (χ2v) is 8.35. The van der Waals surface area contributed by atoms with Gasteiger partial charge in [-0.2, -0.15) is 13.2 Å². The number of sulfone groups is 1. The van der Waals surface area contributed by atoms with E-state index >= 15 is 0 Å². The highest BCUT2D eigenvalue weighted by Crippen LogP contribution is 2.48. The SMILES string of the molecule is CCc1cc(Br)cc2c1Nc1c([N+](=O)[O-])cc(C(F)(F)F)cc1S2(=O)=O. The van der Waals surface area contributed by atoms with Crippen molar-refractivity contribution in [3.8, 4) is 0 Å². The van der Waals surface area contributed by atoms with Crippen molar-refractivity contribution in [1.29, 1.82) is 0 Å². The maximum absolute atomic E-state index is 13.1. The smallest absolute Gasteiger partial charge is 0.348 e. The number of benzene rings is 2. The van der Waals surface area contributed by atoms with Crippen LogP contribution < -0.4 is 5.32 Å². The number of nitro groups is 1. The van der Waals surface area contributed by atoms with Gasteiger partial charge in [0.2, 0.25) is 9.84 Å². The second-order valence-electron chi connectivity index (χ2n) is 5.54. The van der Waals surface area contributed by atoms with Crippen molar-refractivity contribution in [1.82, 2.24) is 0 Å². The highest BCUT2D eigenvalue weighted by molar-refractivity contribution is 9.10. The van der Waals surface area contributed by atoms with Gasteiger partial charge in [-0.3, -0.25) is 10.1 Å². The molecule has 138 valence electrons. The Bertz CT molecular complexity index is 1050. The fraction of sp³-hybridized carbons (Fsp3) is 0.200. The monoisotopic (exact) mass is 450 g/mol. The zero-order valence-electron chi connectivity index (χ0n) is 13.0. The van der Waals surface area contributed by atoms with Gasteiger partial charge in [0.25, 0.3) is 5.69 Å². The molecule has 0 saturated heterocycles. The second kappa shape index (κ2) is 5.95. The molecule has 26 heavy (non-hydrogen) atoms. The van der Waals surface area contributed by atoms with E-state index in [4.69, 9.17) is 0 Å². The standard InChI is InChI=1S/C15H10BrF3N2O4S/c1-2-7-3-9(16)6-12-13(7)20-14-10(21(22)23)4-8(15(17,18)19)5-11(14)26(12,24)25/h3-6,20H,2H2,1H3. The van der Waals surface area contributed by atoms with E-state index in [-0.39, 0.29) is 10.6 Å². The van der Waals surface area contributed by atoms with Crippen LogP contribution in [0.4, 0.5) is 30.2 Å². The van der Waals surface area contributed by atoms with Gasteiger partial charge in [-0.25, -0.2) is 8.42 Å². The normalized spacial score (nSPS) is 15.0. The van der Waals surface area contributed by atoms with E-state index in [1.807, 2.05) is 0 Å². The van der Waals surface area contributed by atoms with Crippen LogP contribution in [0.25, 0.3) is 0 Å². The van der Waals surface area contributed by atoms with Crippen LogP contribution in [0.1, 0.15) is 18.1 Å². The first kappa shape index (κ1) is 18.6. The number of rotatable bonds is 2. The molecule has 3 rings (SSSR count). The van der Waals surface area contributed by atoms with Gasteiger partial charge in [0.05, 0.1) is 21.1 Å². The minimum Gasteiger partial charge on any atom is -0.348 e. The lowest BCUT2D eigenvalue weighted by Crippen LogP contribution is -2.18. The van der Waals surface area contributed by atoms with Crippen molar-refractivity contribution in [3.05, 3.63) is 50.0 Å². The zero-order chi connectivity index (χ0) is 19.4. The molecule has 0 aromatic heterocycles. The summed E-state index contributed by atoms with van der Waals surface area (Å²) in [6, 6.07) is 3.64. The van der Waals surface area contributed by atoms with Gasteiger partial charge in [0, 0.05) is 10.5 Å². The van der Waals surface area contributed by atoms with Gasteiger partial charge >= 0.3 is 6.18 Å². The molecule has 0 radical (unpaired) electrons. The molecule has 0 spiro atoms. The van der Waals surface area contributed by atoms with Gasteiger partial charge in [-0.15, -0.1) is 0 Å². The number of hydrogen-bond acceptors (Lipinski definition) is 5. The van der Waals surface area contributed by atoms with Crippen LogP contribution in [-0.4, -0.2) is 13.3 Å². The van der Waals surface area contributed by atoms with E-state index in [9.17, 15) is 31.7 Å². The van der Waals surface area contributed by atoms with E-state index in [0.717, 1.165) is 0 Å². The van der Waals surface area contributed by atoms with E-state index in [2.05, 4.69) is 21.2 Å². The Morgan fingerprint density at radius 3 is 2.31 bits per heavy atom. The number of aryl methyl sites for hydroxylation is 1. The molecule has 0 saturated carbocycles. The van der Waals surface area contributed by atoms with Crippen molar-refractivity contribution < 1.29 is 26.5 Å². The van der Waals surface area contributed by atoms with E-state index in [0.29, 0.717) is 28.6 Å². The average Bonchev–Trinajstić information content (AvgIpc) is 2.53. The molecule has 6 nitrogen and oxygen atoms in total. The lowest BCUT2D eigenvalue weighted by molar-refractivity contribution is -0.384. The van der Waals surface area contributed by atoms with Crippen LogP contribution in [0.2, 0.25) is 0 Å². The number of nitrogens with zero attached hydrogens (tertiary/aromatic N) is 1. The predicted molar refractivity (Wildman–Crippen MR) is 90.4 cm³/mol. The Labute approximate surface area is 154 Å². The fourth-order valence-corrected chi connectivity index (χ4v) is 5.09. The maximum atomic E-state index is 13.1.